The summed E-state index contributed by atoms with van der Waals surface area (Å²) in [5, 5.41) is 4.49. The highest BCUT2D eigenvalue weighted by Gasteiger charge is 2.33. The van der Waals surface area contributed by atoms with Crippen LogP contribution in [0.5, 0.6) is 0 Å². The molecule has 4 nitrogen and oxygen atoms in total. The Morgan fingerprint density at radius 2 is 2.29 bits per heavy atom. The molecule has 0 amide bonds. The van der Waals surface area contributed by atoms with Gasteiger partial charge in [0.1, 0.15) is 0 Å². The zero-order valence-corrected chi connectivity index (χ0v) is 10.4. The molecule has 0 aliphatic heterocycles. The Labute approximate surface area is 102 Å². The van der Waals surface area contributed by atoms with Crippen LogP contribution in [0.1, 0.15) is 19.5 Å². The predicted octanol–water partition coefficient (Wildman–Crippen LogP) is 1.19. The van der Waals surface area contributed by atoms with E-state index in [9.17, 15) is 0 Å². The number of hydrogen-bond donors (Lipinski definition) is 2. The van der Waals surface area contributed by atoms with Gasteiger partial charge in [0.25, 0.3) is 0 Å². The van der Waals surface area contributed by atoms with E-state index in [-0.39, 0.29) is 11.5 Å². The lowest BCUT2D eigenvalue weighted by Crippen LogP contribution is -2.45. The van der Waals surface area contributed by atoms with Crippen molar-refractivity contribution >= 4 is 0 Å². The Hall–Kier alpha value is -1.55. The van der Waals surface area contributed by atoms with Crippen molar-refractivity contribution in [3.05, 3.63) is 41.9 Å². The molecular formula is C13H20N4. The molecule has 0 saturated carbocycles. The molecule has 0 bridgehead atoms. The standard InChI is InChI=1S/C13H20N4/c1-3-17-8-6-10(16-17)9-13(2)7-4-5-11(14)12(13)15/h4-8,12H,3,9,14-15H2,1-2H3. The first kappa shape index (κ1) is 11.9. The average Bonchev–Trinajstić information content (AvgIpc) is 2.73. The summed E-state index contributed by atoms with van der Waals surface area (Å²) < 4.78 is 1.93. The summed E-state index contributed by atoms with van der Waals surface area (Å²) in [6.45, 7) is 5.09. The van der Waals surface area contributed by atoms with Crippen LogP contribution in [0.4, 0.5) is 0 Å². The van der Waals surface area contributed by atoms with E-state index in [4.69, 9.17) is 11.5 Å². The van der Waals surface area contributed by atoms with Gasteiger partial charge in [0.15, 0.2) is 0 Å². The summed E-state index contributed by atoms with van der Waals surface area (Å²) in [7, 11) is 0. The fourth-order valence-corrected chi connectivity index (χ4v) is 2.20. The third-order valence-corrected chi connectivity index (χ3v) is 3.42. The fraction of sp³-hybridized carbons (Fsp3) is 0.462. The molecule has 1 heterocycles. The van der Waals surface area contributed by atoms with E-state index < -0.39 is 0 Å². The lowest BCUT2D eigenvalue weighted by atomic mass is 9.75. The maximum Gasteiger partial charge on any atom is 0.0633 e. The molecule has 1 aliphatic rings. The highest BCUT2D eigenvalue weighted by Crippen LogP contribution is 2.31. The van der Waals surface area contributed by atoms with Gasteiger partial charge >= 0.3 is 0 Å². The summed E-state index contributed by atoms with van der Waals surface area (Å²) >= 11 is 0. The Morgan fingerprint density at radius 3 is 2.94 bits per heavy atom. The minimum Gasteiger partial charge on any atom is -0.401 e. The van der Waals surface area contributed by atoms with E-state index >= 15 is 0 Å². The van der Waals surface area contributed by atoms with Gasteiger partial charge in [-0.25, -0.2) is 0 Å². The molecule has 17 heavy (non-hydrogen) atoms. The smallest absolute Gasteiger partial charge is 0.0633 e. The molecule has 4 N–H and O–H groups in total. The van der Waals surface area contributed by atoms with Crippen LogP contribution >= 0.6 is 0 Å². The van der Waals surface area contributed by atoms with E-state index in [2.05, 4.69) is 25.0 Å². The van der Waals surface area contributed by atoms with Gasteiger partial charge in [-0.1, -0.05) is 19.1 Å². The molecule has 92 valence electrons. The number of allylic oxidation sites excluding steroid dienone is 2. The van der Waals surface area contributed by atoms with E-state index in [1.807, 2.05) is 29.1 Å². The Bertz CT molecular complexity index is 458. The summed E-state index contributed by atoms with van der Waals surface area (Å²) in [5.74, 6) is 0. The van der Waals surface area contributed by atoms with E-state index in [1.54, 1.807) is 0 Å². The number of aryl methyl sites for hydroxylation is 1. The van der Waals surface area contributed by atoms with Crippen molar-refractivity contribution in [2.45, 2.75) is 32.9 Å². The van der Waals surface area contributed by atoms with Crippen LogP contribution in [-0.4, -0.2) is 15.8 Å². The Balaban J connectivity index is 2.17. The molecule has 0 fully saturated rings. The normalized spacial score (nSPS) is 28.2. The molecule has 1 aromatic rings. The quantitative estimate of drug-likeness (QED) is 0.822. The first-order chi connectivity index (χ1) is 8.05. The van der Waals surface area contributed by atoms with E-state index in [0.717, 1.165) is 24.4 Å². The third-order valence-electron chi connectivity index (χ3n) is 3.42. The van der Waals surface area contributed by atoms with E-state index in [0.29, 0.717) is 0 Å². The highest BCUT2D eigenvalue weighted by atomic mass is 15.3. The van der Waals surface area contributed by atoms with Crippen molar-refractivity contribution in [3.63, 3.8) is 0 Å². The molecule has 2 atom stereocenters. The zero-order chi connectivity index (χ0) is 12.5. The summed E-state index contributed by atoms with van der Waals surface area (Å²) in [6.07, 6.45) is 8.79. The third kappa shape index (κ3) is 2.26. The average molecular weight is 232 g/mol. The largest absolute Gasteiger partial charge is 0.401 e. The monoisotopic (exact) mass is 232 g/mol. The van der Waals surface area contributed by atoms with Gasteiger partial charge < -0.3 is 11.5 Å². The molecule has 0 saturated heterocycles. The lowest BCUT2D eigenvalue weighted by Gasteiger charge is -2.34. The fourth-order valence-electron chi connectivity index (χ4n) is 2.20. The summed E-state index contributed by atoms with van der Waals surface area (Å²) in [6, 6.07) is 1.91. The summed E-state index contributed by atoms with van der Waals surface area (Å²) in [4.78, 5) is 0. The van der Waals surface area contributed by atoms with Crippen molar-refractivity contribution in [2.24, 2.45) is 16.9 Å². The van der Waals surface area contributed by atoms with Crippen molar-refractivity contribution in [3.8, 4) is 0 Å². The second kappa shape index (κ2) is 4.37. The highest BCUT2D eigenvalue weighted by molar-refractivity contribution is 5.29. The maximum atomic E-state index is 6.16. The molecular weight excluding hydrogens is 212 g/mol. The van der Waals surface area contributed by atoms with Crippen molar-refractivity contribution in [1.29, 1.82) is 0 Å². The maximum absolute atomic E-state index is 6.16. The lowest BCUT2D eigenvalue weighted by molar-refractivity contribution is 0.353. The Kier molecular flexibility index (Phi) is 3.07. The molecule has 2 rings (SSSR count). The molecule has 0 spiro atoms. The van der Waals surface area contributed by atoms with Crippen molar-refractivity contribution < 1.29 is 0 Å². The van der Waals surface area contributed by atoms with Gasteiger partial charge in [0, 0.05) is 30.3 Å². The van der Waals surface area contributed by atoms with Crippen LogP contribution < -0.4 is 11.5 Å². The minimum atomic E-state index is -0.147. The van der Waals surface area contributed by atoms with Gasteiger partial charge in [0.2, 0.25) is 0 Å². The zero-order valence-electron chi connectivity index (χ0n) is 10.4. The van der Waals surface area contributed by atoms with Gasteiger partial charge in [-0.3, -0.25) is 4.68 Å². The van der Waals surface area contributed by atoms with E-state index in [1.165, 1.54) is 0 Å². The predicted molar refractivity (Wildman–Crippen MR) is 69.1 cm³/mol. The van der Waals surface area contributed by atoms with Gasteiger partial charge in [-0.05, 0) is 19.1 Å². The van der Waals surface area contributed by atoms with Crippen LogP contribution in [0.3, 0.4) is 0 Å². The van der Waals surface area contributed by atoms with Gasteiger partial charge in [-0.2, -0.15) is 5.10 Å². The first-order valence-electron chi connectivity index (χ1n) is 5.98. The van der Waals surface area contributed by atoms with Crippen LogP contribution in [0.2, 0.25) is 0 Å². The summed E-state index contributed by atoms with van der Waals surface area (Å²) in [5.41, 5.74) is 13.7. The number of hydrogen-bond acceptors (Lipinski definition) is 3. The Morgan fingerprint density at radius 1 is 1.53 bits per heavy atom. The molecule has 0 aromatic carbocycles. The molecule has 4 heteroatoms. The van der Waals surface area contributed by atoms with Crippen molar-refractivity contribution in [2.75, 3.05) is 0 Å². The van der Waals surface area contributed by atoms with Gasteiger partial charge in [0.05, 0.1) is 11.7 Å². The first-order valence-corrected chi connectivity index (χ1v) is 5.98. The molecule has 1 aromatic heterocycles. The molecule has 0 radical (unpaired) electrons. The molecule has 1 aliphatic carbocycles. The number of rotatable bonds is 3. The second-order valence-corrected chi connectivity index (χ2v) is 4.85. The number of nitrogens with two attached hydrogens (primary N) is 2. The number of aromatic nitrogens is 2. The van der Waals surface area contributed by atoms with Crippen LogP contribution in [0.15, 0.2) is 36.2 Å². The van der Waals surface area contributed by atoms with Gasteiger partial charge in [-0.15, -0.1) is 0 Å². The second-order valence-electron chi connectivity index (χ2n) is 4.85. The van der Waals surface area contributed by atoms with Crippen molar-refractivity contribution in [1.82, 2.24) is 9.78 Å². The van der Waals surface area contributed by atoms with Crippen LogP contribution in [-0.2, 0) is 13.0 Å². The van der Waals surface area contributed by atoms with Crippen LogP contribution in [0, 0.1) is 5.41 Å². The van der Waals surface area contributed by atoms with Crippen LogP contribution in [0.25, 0.3) is 0 Å². The minimum absolute atomic E-state index is 0.140. The topological polar surface area (TPSA) is 69.9 Å². The number of nitrogens with zero attached hydrogens (tertiary/aromatic N) is 2. The SMILES string of the molecule is CCn1ccc(CC2(C)C=CC=C(N)C2N)n1. The molecule has 2 unspecified atom stereocenters.